The normalized spacial score (nSPS) is 12.9. The molecule has 0 saturated carbocycles. The summed E-state index contributed by atoms with van der Waals surface area (Å²) < 4.78 is 12.9. The molecule has 0 bridgehead atoms. The van der Waals surface area contributed by atoms with Gasteiger partial charge in [-0.05, 0) is 83.8 Å². The summed E-state index contributed by atoms with van der Waals surface area (Å²) in [5.41, 5.74) is 2.39. The van der Waals surface area contributed by atoms with E-state index < -0.39 is 16.6 Å². The van der Waals surface area contributed by atoms with Crippen LogP contribution in [0.25, 0.3) is 11.1 Å². The number of benzene rings is 2. The molecule has 0 N–H and O–H groups in total. The zero-order valence-corrected chi connectivity index (χ0v) is 23.3. The lowest BCUT2D eigenvalue weighted by molar-refractivity contribution is 0.111. The summed E-state index contributed by atoms with van der Waals surface area (Å²) in [4.78, 5) is 23.7. The van der Waals surface area contributed by atoms with Gasteiger partial charge in [0.1, 0.15) is 11.5 Å². The number of rotatable bonds is 7. The quantitative estimate of drug-likeness (QED) is 0.307. The first-order valence-corrected chi connectivity index (χ1v) is 16.9. The monoisotopic (exact) mass is 470 g/mol. The van der Waals surface area contributed by atoms with Crippen LogP contribution in [-0.4, -0.2) is 29.2 Å². The Kier molecular flexibility index (Phi) is 7.32. The van der Waals surface area contributed by atoms with Gasteiger partial charge in [-0.15, -0.1) is 0 Å². The summed E-state index contributed by atoms with van der Waals surface area (Å²) in [6, 6.07) is 11.0. The molecule has 0 saturated heterocycles. The van der Waals surface area contributed by atoms with Crippen molar-refractivity contribution in [3.8, 4) is 22.6 Å². The molecular weight excluding hydrogens is 432 g/mol. The number of aldehydes is 2. The summed E-state index contributed by atoms with van der Waals surface area (Å²) in [5.74, 6) is 1.43. The lowest BCUT2D eigenvalue weighted by Gasteiger charge is -2.37. The zero-order valence-electron chi connectivity index (χ0n) is 21.3. The summed E-state index contributed by atoms with van der Waals surface area (Å²) in [6.45, 7) is 21.9. The first-order chi connectivity index (χ1) is 14.5. The van der Waals surface area contributed by atoms with Gasteiger partial charge in [0.25, 0.3) is 0 Å². The van der Waals surface area contributed by atoms with Crippen LogP contribution in [0.2, 0.25) is 36.3 Å². The van der Waals surface area contributed by atoms with E-state index >= 15 is 0 Å². The van der Waals surface area contributed by atoms with E-state index in [-0.39, 0.29) is 10.1 Å². The highest BCUT2D eigenvalue weighted by Crippen LogP contribution is 2.41. The van der Waals surface area contributed by atoms with Gasteiger partial charge in [0.05, 0.1) is 0 Å². The molecule has 2 rings (SSSR count). The Morgan fingerprint density at radius 2 is 0.938 bits per heavy atom. The summed E-state index contributed by atoms with van der Waals surface area (Å²) in [6.07, 6.45) is 1.64. The molecular formula is C26H38O4Si2. The van der Waals surface area contributed by atoms with E-state index in [0.29, 0.717) is 33.8 Å². The van der Waals surface area contributed by atoms with Crippen molar-refractivity contribution in [3.05, 3.63) is 47.5 Å². The minimum atomic E-state index is -2.06. The molecule has 0 atom stereocenters. The molecule has 0 unspecified atom stereocenters. The zero-order chi connectivity index (χ0) is 24.5. The number of hydrogen-bond donors (Lipinski definition) is 0. The van der Waals surface area contributed by atoms with Gasteiger partial charge in [-0.25, -0.2) is 0 Å². The highest BCUT2D eigenvalue weighted by Gasteiger charge is 2.40. The first-order valence-electron chi connectivity index (χ1n) is 11.1. The second kappa shape index (κ2) is 8.98. The van der Waals surface area contributed by atoms with Crippen LogP contribution in [0.5, 0.6) is 11.5 Å². The van der Waals surface area contributed by atoms with E-state index in [1.165, 1.54) is 0 Å². The lowest BCUT2D eigenvalue weighted by atomic mass is 9.96. The van der Waals surface area contributed by atoms with E-state index in [1.54, 1.807) is 12.1 Å². The minimum absolute atomic E-state index is 0.0430. The molecule has 2 aromatic carbocycles. The van der Waals surface area contributed by atoms with Crippen LogP contribution in [0, 0.1) is 0 Å². The van der Waals surface area contributed by atoms with Crippen molar-refractivity contribution < 1.29 is 18.4 Å². The molecule has 6 heteroatoms. The van der Waals surface area contributed by atoms with Gasteiger partial charge >= 0.3 is 0 Å². The fraction of sp³-hybridized carbons (Fsp3) is 0.462. The van der Waals surface area contributed by atoms with E-state index in [1.807, 2.05) is 24.3 Å². The van der Waals surface area contributed by atoms with Crippen LogP contribution >= 0.6 is 0 Å². The Labute approximate surface area is 195 Å². The van der Waals surface area contributed by atoms with E-state index in [2.05, 4.69) is 67.7 Å². The maximum Gasteiger partial charge on any atom is 0.250 e. The molecule has 4 nitrogen and oxygen atoms in total. The Morgan fingerprint density at radius 3 is 1.19 bits per heavy atom. The molecule has 174 valence electrons. The van der Waals surface area contributed by atoms with Gasteiger partial charge in [-0.1, -0.05) is 41.5 Å². The van der Waals surface area contributed by atoms with Crippen LogP contribution in [-0.2, 0) is 0 Å². The molecule has 0 radical (unpaired) electrons. The molecule has 32 heavy (non-hydrogen) atoms. The van der Waals surface area contributed by atoms with Gasteiger partial charge < -0.3 is 8.85 Å². The van der Waals surface area contributed by atoms with E-state index in [4.69, 9.17) is 8.85 Å². The third kappa shape index (κ3) is 5.59. The molecule has 2 aromatic rings. The summed E-state index contributed by atoms with van der Waals surface area (Å²) in [5, 5.41) is 0.0861. The highest BCUT2D eigenvalue weighted by molar-refractivity contribution is 6.75. The van der Waals surface area contributed by atoms with Crippen LogP contribution in [0.1, 0.15) is 62.3 Å². The molecule has 0 fully saturated rings. The first kappa shape index (κ1) is 26.1. The molecule has 0 spiro atoms. The third-order valence-corrected chi connectivity index (χ3v) is 15.7. The Bertz CT molecular complexity index is 914. The Hall–Kier alpha value is -2.19. The topological polar surface area (TPSA) is 52.6 Å². The maximum absolute atomic E-state index is 11.9. The van der Waals surface area contributed by atoms with Gasteiger partial charge in [0.2, 0.25) is 16.6 Å². The van der Waals surface area contributed by atoms with Crippen LogP contribution in [0.15, 0.2) is 36.4 Å². The second-order valence-corrected chi connectivity index (χ2v) is 20.9. The van der Waals surface area contributed by atoms with Crippen molar-refractivity contribution in [3.63, 3.8) is 0 Å². The fourth-order valence-electron chi connectivity index (χ4n) is 2.77. The predicted octanol–water partition coefficient (Wildman–Crippen LogP) is 7.75. The Morgan fingerprint density at radius 1 is 0.625 bits per heavy atom. The van der Waals surface area contributed by atoms with Crippen LogP contribution in [0.3, 0.4) is 0 Å². The third-order valence-electron chi connectivity index (χ3n) is 6.95. The van der Waals surface area contributed by atoms with Gasteiger partial charge in [0.15, 0.2) is 12.6 Å². The van der Waals surface area contributed by atoms with Crippen LogP contribution in [0.4, 0.5) is 0 Å². The summed E-state index contributed by atoms with van der Waals surface area (Å²) in [7, 11) is -4.12. The molecule has 0 aliphatic rings. The van der Waals surface area contributed by atoms with E-state index in [9.17, 15) is 9.59 Å². The van der Waals surface area contributed by atoms with Crippen molar-refractivity contribution in [1.29, 1.82) is 0 Å². The molecule has 0 aliphatic heterocycles. The van der Waals surface area contributed by atoms with Crippen molar-refractivity contribution in [1.82, 2.24) is 0 Å². The largest absolute Gasteiger partial charge is 0.543 e. The molecule has 0 amide bonds. The maximum atomic E-state index is 11.9. The second-order valence-electron chi connectivity index (χ2n) is 11.5. The SMILES string of the molecule is CC(C)(C)[Si](C)(C)Oc1ccc(C=O)c(-c2cc(O[Si](C)(C)C(C)(C)C)ccc2C=O)c1. The average Bonchev–Trinajstić information content (AvgIpc) is 2.65. The van der Waals surface area contributed by atoms with Crippen molar-refractivity contribution in [2.24, 2.45) is 0 Å². The Balaban J connectivity index is 2.60. The molecule has 0 heterocycles. The number of carbonyl (C=O) groups is 2. The van der Waals surface area contributed by atoms with Gasteiger partial charge in [-0.2, -0.15) is 0 Å². The minimum Gasteiger partial charge on any atom is -0.543 e. The fourth-order valence-corrected chi connectivity index (χ4v) is 4.81. The van der Waals surface area contributed by atoms with Crippen molar-refractivity contribution >= 4 is 29.2 Å². The summed E-state index contributed by atoms with van der Waals surface area (Å²) >= 11 is 0. The number of carbonyl (C=O) groups excluding carboxylic acids is 2. The molecule has 0 aliphatic carbocycles. The predicted molar refractivity (Wildman–Crippen MR) is 138 cm³/mol. The molecule has 0 aromatic heterocycles. The van der Waals surface area contributed by atoms with Gasteiger partial charge in [0, 0.05) is 11.1 Å². The van der Waals surface area contributed by atoms with Crippen molar-refractivity contribution in [2.45, 2.75) is 77.8 Å². The van der Waals surface area contributed by atoms with Crippen molar-refractivity contribution in [2.75, 3.05) is 0 Å². The number of hydrogen-bond acceptors (Lipinski definition) is 4. The standard InChI is InChI=1S/C26H38O4Si2/c1-25(2,3)31(7,8)29-21-13-11-19(17-27)23(15-21)24-16-22(14-12-20(24)18-28)30-32(9,10)26(4,5)6/h11-18H,1-10H3. The van der Waals surface area contributed by atoms with E-state index in [0.717, 1.165) is 12.6 Å². The van der Waals surface area contributed by atoms with Crippen LogP contribution < -0.4 is 8.85 Å². The lowest BCUT2D eigenvalue weighted by Crippen LogP contribution is -2.43. The smallest absolute Gasteiger partial charge is 0.250 e. The average molecular weight is 471 g/mol. The van der Waals surface area contributed by atoms with Gasteiger partial charge in [-0.3, -0.25) is 9.59 Å². The highest BCUT2D eigenvalue weighted by atomic mass is 28.4.